The first-order valence-electron chi connectivity index (χ1n) is 4.78. The van der Waals surface area contributed by atoms with Crippen molar-refractivity contribution in [2.75, 3.05) is 0 Å². The van der Waals surface area contributed by atoms with Crippen LogP contribution in [0.2, 0.25) is 10.0 Å². The molecule has 0 radical (unpaired) electrons. The topological polar surface area (TPSA) is 23.8 Å². The lowest BCUT2D eigenvalue weighted by molar-refractivity contribution is 0.431. The number of benzene rings is 1. The molecule has 0 aliphatic rings. The fraction of sp³-hybridized carbons (Fsp3) is 0.417. The van der Waals surface area contributed by atoms with Crippen LogP contribution in [0.25, 0.3) is 0 Å². The van der Waals surface area contributed by atoms with E-state index in [2.05, 4.69) is 6.07 Å². The van der Waals surface area contributed by atoms with Gasteiger partial charge in [0.25, 0.3) is 0 Å². The van der Waals surface area contributed by atoms with E-state index in [-0.39, 0.29) is 5.92 Å². The standard InChI is InChI=1S/C12H13Cl2N/c1-8(2)12(3,7-15)9-4-5-10(13)11(14)6-9/h4-6,8H,1-3H3. The molecule has 0 amide bonds. The molecule has 0 heterocycles. The number of hydrogen-bond acceptors (Lipinski definition) is 1. The molecule has 80 valence electrons. The molecule has 1 aromatic carbocycles. The number of nitriles is 1. The van der Waals surface area contributed by atoms with Crippen molar-refractivity contribution in [3.63, 3.8) is 0 Å². The molecule has 0 spiro atoms. The maximum absolute atomic E-state index is 9.24. The lowest BCUT2D eigenvalue weighted by atomic mass is 9.75. The van der Waals surface area contributed by atoms with Crippen LogP contribution in [0.5, 0.6) is 0 Å². The minimum atomic E-state index is -0.520. The van der Waals surface area contributed by atoms with Crippen molar-refractivity contribution in [1.29, 1.82) is 5.26 Å². The van der Waals surface area contributed by atoms with E-state index in [4.69, 9.17) is 23.2 Å². The maximum Gasteiger partial charge on any atom is 0.0817 e. The number of hydrogen-bond donors (Lipinski definition) is 0. The summed E-state index contributed by atoms with van der Waals surface area (Å²) < 4.78 is 0. The minimum Gasteiger partial charge on any atom is -0.197 e. The second-order valence-corrected chi connectivity index (χ2v) is 4.91. The average Bonchev–Trinajstić information content (AvgIpc) is 2.20. The highest BCUT2D eigenvalue weighted by atomic mass is 35.5. The van der Waals surface area contributed by atoms with Gasteiger partial charge in [-0.25, -0.2) is 0 Å². The third-order valence-corrected chi connectivity index (χ3v) is 3.65. The Balaban J connectivity index is 3.27. The summed E-state index contributed by atoms with van der Waals surface area (Å²) in [7, 11) is 0. The van der Waals surface area contributed by atoms with E-state index >= 15 is 0 Å². The Kier molecular flexibility index (Phi) is 3.65. The fourth-order valence-corrected chi connectivity index (χ4v) is 1.64. The first-order chi connectivity index (χ1) is 6.91. The van der Waals surface area contributed by atoms with Crippen LogP contribution >= 0.6 is 23.2 Å². The normalized spacial score (nSPS) is 14.7. The zero-order valence-corrected chi connectivity index (χ0v) is 10.5. The predicted molar refractivity (Wildman–Crippen MR) is 64.3 cm³/mol. The number of halogens is 2. The molecule has 1 nitrogen and oxygen atoms in total. The molecule has 0 aliphatic carbocycles. The summed E-state index contributed by atoms with van der Waals surface area (Å²) >= 11 is 11.8. The second-order valence-electron chi connectivity index (χ2n) is 4.10. The van der Waals surface area contributed by atoms with Crippen LogP contribution in [0.3, 0.4) is 0 Å². The summed E-state index contributed by atoms with van der Waals surface area (Å²) in [5, 5.41) is 10.3. The van der Waals surface area contributed by atoms with Gasteiger partial charge in [-0.3, -0.25) is 0 Å². The van der Waals surface area contributed by atoms with E-state index in [9.17, 15) is 5.26 Å². The number of rotatable bonds is 2. The van der Waals surface area contributed by atoms with E-state index in [0.717, 1.165) is 5.56 Å². The Morgan fingerprint density at radius 3 is 2.27 bits per heavy atom. The van der Waals surface area contributed by atoms with Crippen LogP contribution in [-0.4, -0.2) is 0 Å². The zero-order valence-electron chi connectivity index (χ0n) is 9.01. The fourth-order valence-electron chi connectivity index (χ4n) is 1.35. The highest BCUT2D eigenvalue weighted by Gasteiger charge is 2.30. The first kappa shape index (κ1) is 12.4. The van der Waals surface area contributed by atoms with Crippen molar-refractivity contribution in [1.82, 2.24) is 0 Å². The van der Waals surface area contributed by atoms with Gasteiger partial charge in [-0.05, 0) is 30.5 Å². The molecule has 1 atom stereocenters. The van der Waals surface area contributed by atoms with Crippen LogP contribution in [0.15, 0.2) is 18.2 Å². The highest BCUT2D eigenvalue weighted by molar-refractivity contribution is 6.42. The Bertz CT molecular complexity index is 407. The molecule has 0 saturated heterocycles. The molecule has 0 bridgehead atoms. The van der Waals surface area contributed by atoms with Crippen molar-refractivity contribution >= 4 is 23.2 Å². The van der Waals surface area contributed by atoms with Crippen molar-refractivity contribution in [3.8, 4) is 6.07 Å². The molecule has 0 aliphatic heterocycles. The van der Waals surface area contributed by atoms with Gasteiger partial charge in [0.2, 0.25) is 0 Å². The molecule has 1 aromatic rings. The Labute approximate surface area is 101 Å². The van der Waals surface area contributed by atoms with Crippen LogP contribution in [0.4, 0.5) is 0 Å². The zero-order chi connectivity index (χ0) is 11.6. The lowest BCUT2D eigenvalue weighted by Gasteiger charge is -2.26. The molecule has 0 N–H and O–H groups in total. The summed E-state index contributed by atoms with van der Waals surface area (Å²) in [5.74, 6) is 0.222. The molecule has 1 rings (SSSR count). The van der Waals surface area contributed by atoms with Crippen LogP contribution in [-0.2, 0) is 5.41 Å². The Morgan fingerprint density at radius 1 is 1.27 bits per heavy atom. The van der Waals surface area contributed by atoms with E-state index in [1.165, 1.54) is 0 Å². The van der Waals surface area contributed by atoms with Crippen molar-refractivity contribution in [3.05, 3.63) is 33.8 Å². The molecular weight excluding hydrogens is 229 g/mol. The molecule has 15 heavy (non-hydrogen) atoms. The van der Waals surface area contributed by atoms with Crippen LogP contribution < -0.4 is 0 Å². The van der Waals surface area contributed by atoms with Crippen molar-refractivity contribution in [2.24, 2.45) is 5.92 Å². The summed E-state index contributed by atoms with van der Waals surface area (Å²) in [5.41, 5.74) is 0.392. The quantitative estimate of drug-likeness (QED) is 0.752. The highest BCUT2D eigenvalue weighted by Crippen LogP contribution is 2.34. The molecule has 0 fully saturated rings. The van der Waals surface area contributed by atoms with Crippen molar-refractivity contribution in [2.45, 2.75) is 26.2 Å². The van der Waals surface area contributed by atoms with Crippen molar-refractivity contribution < 1.29 is 0 Å². The second kappa shape index (κ2) is 4.43. The Morgan fingerprint density at radius 2 is 1.87 bits per heavy atom. The smallest absolute Gasteiger partial charge is 0.0817 e. The summed E-state index contributed by atoms with van der Waals surface area (Å²) in [6.07, 6.45) is 0. The van der Waals surface area contributed by atoms with Gasteiger partial charge in [-0.2, -0.15) is 5.26 Å². The van der Waals surface area contributed by atoms with E-state index < -0.39 is 5.41 Å². The van der Waals surface area contributed by atoms with Gasteiger partial charge in [0, 0.05) is 0 Å². The summed E-state index contributed by atoms with van der Waals surface area (Å²) in [6, 6.07) is 7.70. The third kappa shape index (κ3) is 2.27. The van der Waals surface area contributed by atoms with Gasteiger partial charge in [0.15, 0.2) is 0 Å². The van der Waals surface area contributed by atoms with Crippen LogP contribution in [0, 0.1) is 17.2 Å². The largest absolute Gasteiger partial charge is 0.197 e. The van der Waals surface area contributed by atoms with E-state index in [1.807, 2.05) is 26.8 Å². The first-order valence-corrected chi connectivity index (χ1v) is 5.54. The van der Waals surface area contributed by atoms with Gasteiger partial charge in [-0.15, -0.1) is 0 Å². The number of nitrogens with zero attached hydrogens (tertiary/aromatic N) is 1. The Hall–Kier alpha value is -0.710. The molecule has 0 saturated carbocycles. The van der Waals surface area contributed by atoms with Gasteiger partial charge in [0.05, 0.1) is 21.5 Å². The van der Waals surface area contributed by atoms with E-state index in [1.54, 1.807) is 12.1 Å². The summed E-state index contributed by atoms with van der Waals surface area (Å²) in [4.78, 5) is 0. The summed E-state index contributed by atoms with van der Waals surface area (Å²) in [6.45, 7) is 5.95. The van der Waals surface area contributed by atoms with E-state index in [0.29, 0.717) is 10.0 Å². The third-order valence-electron chi connectivity index (χ3n) is 2.91. The molecular formula is C12H13Cl2N. The lowest BCUT2D eigenvalue weighted by Crippen LogP contribution is -2.26. The monoisotopic (exact) mass is 241 g/mol. The van der Waals surface area contributed by atoms with Crippen LogP contribution in [0.1, 0.15) is 26.3 Å². The van der Waals surface area contributed by atoms with Gasteiger partial charge < -0.3 is 0 Å². The maximum atomic E-state index is 9.24. The van der Waals surface area contributed by atoms with Gasteiger partial charge in [-0.1, -0.05) is 43.1 Å². The molecule has 3 heteroatoms. The predicted octanol–water partition coefficient (Wildman–Crippen LogP) is 4.43. The average molecular weight is 242 g/mol. The molecule has 1 unspecified atom stereocenters. The minimum absolute atomic E-state index is 0.222. The molecule has 0 aromatic heterocycles. The van der Waals surface area contributed by atoms with Gasteiger partial charge >= 0.3 is 0 Å². The SMILES string of the molecule is CC(C)C(C)(C#N)c1ccc(Cl)c(Cl)c1. The van der Waals surface area contributed by atoms with Gasteiger partial charge in [0.1, 0.15) is 0 Å².